The number of ether oxygens (including phenoxy) is 3. The van der Waals surface area contributed by atoms with Gasteiger partial charge in [-0.1, -0.05) is 0 Å². The number of methoxy groups -OCH3 is 2. The van der Waals surface area contributed by atoms with Gasteiger partial charge in [-0.2, -0.15) is 0 Å². The van der Waals surface area contributed by atoms with Crippen molar-refractivity contribution in [2.24, 2.45) is 0 Å². The molecular formula is C15H22N2O5. The molecule has 1 atom stereocenters. The van der Waals surface area contributed by atoms with Crippen LogP contribution in [0.1, 0.15) is 26.3 Å². The number of nitrogens with one attached hydrogen (secondary N) is 1. The van der Waals surface area contributed by atoms with E-state index in [4.69, 9.17) is 14.2 Å². The Labute approximate surface area is 130 Å². The van der Waals surface area contributed by atoms with Crippen LogP contribution in [-0.2, 0) is 20.7 Å². The van der Waals surface area contributed by atoms with Gasteiger partial charge in [-0.05, 0) is 32.4 Å². The van der Waals surface area contributed by atoms with Gasteiger partial charge in [0, 0.05) is 12.6 Å². The number of nitrogens with zero attached hydrogens (tertiary/aromatic N) is 1. The Hall–Kier alpha value is -2.31. The van der Waals surface area contributed by atoms with E-state index in [0.717, 1.165) is 5.56 Å². The van der Waals surface area contributed by atoms with Gasteiger partial charge in [-0.25, -0.2) is 9.59 Å². The van der Waals surface area contributed by atoms with Crippen LogP contribution in [-0.4, -0.2) is 42.9 Å². The van der Waals surface area contributed by atoms with Crippen LogP contribution in [0.4, 0.5) is 4.79 Å². The Morgan fingerprint density at radius 2 is 1.95 bits per heavy atom. The molecule has 0 saturated heterocycles. The second-order valence-electron chi connectivity index (χ2n) is 5.66. The normalized spacial score (nSPS) is 12.2. The van der Waals surface area contributed by atoms with Gasteiger partial charge in [0.2, 0.25) is 0 Å². The zero-order valence-electron chi connectivity index (χ0n) is 13.5. The Morgan fingerprint density at radius 1 is 1.27 bits per heavy atom. The van der Waals surface area contributed by atoms with E-state index in [1.54, 1.807) is 39.2 Å². The van der Waals surface area contributed by atoms with Gasteiger partial charge < -0.3 is 19.5 Å². The number of amides is 1. The molecule has 0 saturated carbocycles. The smallest absolute Gasteiger partial charge is 0.408 e. The lowest BCUT2D eigenvalue weighted by Crippen LogP contribution is -2.45. The third-order valence-corrected chi connectivity index (χ3v) is 2.62. The first kappa shape index (κ1) is 17.7. The number of hydrogen-bond donors (Lipinski definition) is 1. The molecule has 1 rings (SSSR count). The van der Waals surface area contributed by atoms with Gasteiger partial charge in [0.1, 0.15) is 17.4 Å². The lowest BCUT2D eigenvalue weighted by molar-refractivity contribution is -0.143. The molecule has 1 amide bonds. The molecule has 1 aromatic heterocycles. The highest BCUT2D eigenvalue weighted by Crippen LogP contribution is 2.13. The minimum Gasteiger partial charge on any atom is -0.495 e. The standard InChI is InChI=1S/C15H22N2O5/c1-15(2,3)22-14(19)17-12(13(18)21-5)7-10-6-11(20-4)9-16-8-10/h6,8-9,12H,7H2,1-5H3,(H,17,19)/t12-/m1/s1. The number of hydrogen-bond acceptors (Lipinski definition) is 6. The van der Waals surface area contributed by atoms with Crippen LogP contribution < -0.4 is 10.1 Å². The second-order valence-corrected chi connectivity index (χ2v) is 5.66. The van der Waals surface area contributed by atoms with Gasteiger partial charge >= 0.3 is 12.1 Å². The lowest BCUT2D eigenvalue weighted by atomic mass is 10.1. The van der Waals surface area contributed by atoms with Gasteiger partial charge in [-0.3, -0.25) is 4.98 Å². The van der Waals surface area contributed by atoms with Crippen LogP contribution in [0, 0.1) is 0 Å². The number of carbonyl (C=O) groups is 2. The van der Waals surface area contributed by atoms with Crippen molar-refractivity contribution in [2.45, 2.75) is 38.8 Å². The van der Waals surface area contributed by atoms with Gasteiger partial charge in [-0.15, -0.1) is 0 Å². The monoisotopic (exact) mass is 310 g/mol. The van der Waals surface area contributed by atoms with Crippen molar-refractivity contribution in [3.63, 3.8) is 0 Å². The zero-order chi connectivity index (χ0) is 16.8. The van der Waals surface area contributed by atoms with Crippen LogP contribution in [0.15, 0.2) is 18.5 Å². The number of aromatic nitrogens is 1. The molecule has 1 heterocycles. The van der Waals surface area contributed by atoms with Gasteiger partial charge in [0.15, 0.2) is 0 Å². The predicted molar refractivity (Wildman–Crippen MR) is 79.7 cm³/mol. The molecule has 0 aromatic carbocycles. The summed E-state index contributed by atoms with van der Waals surface area (Å²) in [5.74, 6) is 0.00654. The van der Waals surface area contributed by atoms with Crippen LogP contribution in [0.25, 0.3) is 0 Å². The fourth-order valence-corrected chi connectivity index (χ4v) is 1.71. The number of carbonyl (C=O) groups excluding carboxylic acids is 2. The molecular weight excluding hydrogens is 288 g/mol. The van der Waals surface area contributed by atoms with E-state index in [0.29, 0.717) is 5.75 Å². The first-order valence-corrected chi connectivity index (χ1v) is 6.80. The molecule has 7 nitrogen and oxygen atoms in total. The molecule has 0 aliphatic rings. The fraction of sp³-hybridized carbons (Fsp3) is 0.533. The summed E-state index contributed by atoms with van der Waals surface area (Å²) in [4.78, 5) is 27.7. The average molecular weight is 310 g/mol. The number of alkyl carbamates (subject to hydrolysis) is 1. The summed E-state index contributed by atoms with van der Waals surface area (Å²) in [5.41, 5.74) is 0.0771. The van der Waals surface area contributed by atoms with Crippen molar-refractivity contribution >= 4 is 12.1 Å². The molecule has 0 aliphatic heterocycles. The molecule has 0 bridgehead atoms. The molecule has 7 heteroatoms. The summed E-state index contributed by atoms with van der Waals surface area (Å²) in [7, 11) is 2.79. The van der Waals surface area contributed by atoms with Crippen LogP contribution in [0.2, 0.25) is 0 Å². The van der Waals surface area contributed by atoms with Crippen molar-refractivity contribution in [1.82, 2.24) is 10.3 Å². The van der Waals surface area contributed by atoms with E-state index in [-0.39, 0.29) is 6.42 Å². The molecule has 1 N–H and O–H groups in total. The summed E-state index contributed by atoms with van der Waals surface area (Å²) in [6.45, 7) is 5.23. The van der Waals surface area contributed by atoms with Crippen molar-refractivity contribution in [3.8, 4) is 5.75 Å². The van der Waals surface area contributed by atoms with Crippen molar-refractivity contribution in [2.75, 3.05) is 14.2 Å². The fourth-order valence-electron chi connectivity index (χ4n) is 1.71. The second kappa shape index (κ2) is 7.63. The molecule has 22 heavy (non-hydrogen) atoms. The van der Waals surface area contributed by atoms with Crippen LogP contribution in [0.5, 0.6) is 5.75 Å². The number of rotatable bonds is 5. The third kappa shape index (κ3) is 5.99. The van der Waals surface area contributed by atoms with E-state index >= 15 is 0 Å². The Balaban J connectivity index is 2.80. The van der Waals surface area contributed by atoms with Crippen molar-refractivity contribution in [3.05, 3.63) is 24.0 Å². The summed E-state index contributed by atoms with van der Waals surface area (Å²) < 4.78 is 14.9. The molecule has 0 unspecified atom stereocenters. The molecule has 1 aromatic rings. The highest BCUT2D eigenvalue weighted by atomic mass is 16.6. The Morgan fingerprint density at radius 3 is 2.50 bits per heavy atom. The summed E-state index contributed by atoms with van der Waals surface area (Å²) in [5, 5.41) is 2.51. The SMILES string of the molecule is COC(=O)[C@@H](Cc1cncc(OC)c1)NC(=O)OC(C)(C)C. The first-order valence-electron chi connectivity index (χ1n) is 6.80. The minimum absolute atomic E-state index is 0.218. The number of esters is 1. The Bertz CT molecular complexity index is 525. The van der Waals surface area contributed by atoms with Crippen molar-refractivity contribution < 1.29 is 23.8 Å². The highest BCUT2D eigenvalue weighted by molar-refractivity contribution is 5.81. The lowest BCUT2D eigenvalue weighted by Gasteiger charge is -2.22. The van der Waals surface area contributed by atoms with E-state index in [1.165, 1.54) is 14.2 Å². The maximum absolute atomic E-state index is 11.8. The van der Waals surface area contributed by atoms with E-state index < -0.39 is 23.7 Å². The molecule has 0 spiro atoms. The minimum atomic E-state index is -0.867. The van der Waals surface area contributed by atoms with Crippen molar-refractivity contribution in [1.29, 1.82) is 0 Å². The van der Waals surface area contributed by atoms with E-state index in [2.05, 4.69) is 10.3 Å². The molecule has 0 radical (unpaired) electrons. The van der Waals surface area contributed by atoms with E-state index in [9.17, 15) is 9.59 Å². The summed E-state index contributed by atoms with van der Waals surface area (Å²) >= 11 is 0. The largest absolute Gasteiger partial charge is 0.495 e. The van der Waals surface area contributed by atoms with E-state index in [1.807, 2.05) is 0 Å². The number of pyridine rings is 1. The maximum atomic E-state index is 11.8. The maximum Gasteiger partial charge on any atom is 0.408 e. The Kier molecular flexibility index (Phi) is 6.15. The molecule has 122 valence electrons. The molecule has 0 aliphatic carbocycles. The van der Waals surface area contributed by atoms with Gasteiger partial charge in [0.25, 0.3) is 0 Å². The topological polar surface area (TPSA) is 86.8 Å². The highest BCUT2D eigenvalue weighted by Gasteiger charge is 2.25. The molecule has 0 fully saturated rings. The third-order valence-electron chi connectivity index (χ3n) is 2.62. The zero-order valence-corrected chi connectivity index (χ0v) is 13.5. The van der Waals surface area contributed by atoms with Crippen LogP contribution >= 0.6 is 0 Å². The quantitative estimate of drug-likeness (QED) is 0.833. The predicted octanol–water partition coefficient (Wildman–Crippen LogP) is 1.70. The summed E-state index contributed by atoms with van der Waals surface area (Å²) in [6.07, 6.45) is 2.68. The summed E-state index contributed by atoms with van der Waals surface area (Å²) in [6, 6.07) is 0.869. The average Bonchev–Trinajstić information content (AvgIpc) is 2.44. The van der Waals surface area contributed by atoms with Crippen LogP contribution in [0.3, 0.4) is 0 Å². The van der Waals surface area contributed by atoms with Gasteiger partial charge in [0.05, 0.1) is 20.4 Å². The first-order chi connectivity index (χ1) is 10.2.